The van der Waals surface area contributed by atoms with Gasteiger partial charge in [-0.05, 0) is 62.2 Å². The molecule has 0 unspecified atom stereocenters. The minimum absolute atomic E-state index is 0.253. The van der Waals surface area contributed by atoms with Crippen LogP contribution in [-0.4, -0.2) is 15.9 Å². The van der Waals surface area contributed by atoms with Crippen molar-refractivity contribution in [1.29, 1.82) is 0 Å². The van der Waals surface area contributed by atoms with Gasteiger partial charge in [0.25, 0.3) is 5.91 Å². The molecule has 0 saturated carbocycles. The van der Waals surface area contributed by atoms with Crippen LogP contribution in [0.2, 0.25) is 0 Å². The molecule has 3 rings (SSSR count). The third kappa shape index (κ3) is 4.03. The minimum atomic E-state index is -0.317. The van der Waals surface area contributed by atoms with Gasteiger partial charge in [0.1, 0.15) is 23.2 Å². The van der Waals surface area contributed by atoms with Gasteiger partial charge >= 0.3 is 0 Å². The van der Waals surface area contributed by atoms with Crippen LogP contribution in [-0.2, 0) is 0 Å². The summed E-state index contributed by atoms with van der Waals surface area (Å²) in [6.45, 7) is 5.66. The van der Waals surface area contributed by atoms with E-state index in [0.29, 0.717) is 17.3 Å². The first-order valence-corrected chi connectivity index (χ1v) is 8.18. The Morgan fingerprint density at radius 1 is 1.00 bits per heavy atom. The zero-order valence-corrected chi connectivity index (χ0v) is 14.8. The number of rotatable bonds is 4. The van der Waals surface area contributed by atoms with Crippen molar-refractivity contribution in [3.05, 3.63) is 77.0 Å². The molecule has 1 amide bonds. The van der Waals surface area contributed by atoms with Crippen LogP contribution in [0.1, 0.15) is 27.4 Å². The molecule has 0 aliphatic heterocycles. The average Bonchev–Trinajstić information content (AvgIpc) is 2.60. The van der Waals surface area contributed by atoms with Crippen molar-refractivity contribution >= 4 is 23.1 Å². The Morgan fingerprint density at radius 3 is 2.46 bits per heavy atom. The number of halogens is 1. The number of carbonyl (C=O) groups is 1. The summed E-state index contributed by atoms with van der Waals surface area (Å²) in [5.41, 5.74) is 3.78. The molecule has 0 atom stereocenters. The third-order valence-electron chi connectivity index (χ3n) is 4.04. The van der Waals surface area contributed by atoms with Crippen molar-refractivity contribution in [2.24, 2.45) is 0 Å². The van der Waals surface area contributed by atoms with Crippen molar-refractivity contribution in [2.45, 2.75) is 20.8 Å². The number of anilines is 3. The Kier molecular flexibility index (Phi) is 4.93. The van der Waals surface area contributed by atoms with E-state index in [2.05, 4.69) is 20.6 Å². The van der Waals surface area contributed by atoms with Crippen molar-refractivity contribution < 1.29 is 9.18 Å². The van der Waals surface area contributed by atoms with Crippen LogP contribution in [0.5, 0.6) is 0 Å². The lowest BCUT2D eigenvalue weighted by Crippen LogP contribution is -2.16. The van der Waals surface area contributed by atoms with Gasteiger partial charge in [0.15, 0.2) is 0 Å². The van der Waals surface area contributed by atoms with E-state index in [1.54, 1.807) is 25.1 Å². The van der Waals surface area contributed by atoms with E-state index in [-0.39, 0.29) is 17.4 Å². The number of hydrogen-bond acceptors (Lipinski definition) is 4. The molecule has 132 valence electrons. The molecule has 6 heteroatoms. The van der Waals surface area contributed by atoms with E-state index in [1.165, 1.54) is 12.1 Å². The zero-order valence-electron chi connectivity index (χ0n) is 14.8. The number of aryl methyl sites for hydroxylation is 2. The van der Waals surface area contributed by atoms with Gasteiger partial charge < -0.3 is 10.6 Å². The van der Waals surface area contributed by atoms with Crippen LogP contribution in [0.25, 0.3) is 0 Å². The molecule has 0 spiro atoms. The summed E-state index contributed by atoms with van der Waals surface area (Å²) in [6.07, 6.45) is 0. The predicted molar refractivity (Wildman–Crippen MR) is 100 cm³/mol. The summed E-state index contributed by atoms with van der Waals surface area (Å²) in [6, 6.07) is 13.2. The van der Waals surface area contributed by atoms with Crippen molar-refractivity contribution in [2.75, 3.05) is 10.6 Å². The Bertz CT molecular complexity index is 955. The second-order valence-electron chi connectivity index (χ2n) is 6.02. The van der Waals surface area contributed by atoms with Gasteiger partial charge in [0.2, 0.25) is 0 Å². The minimum Gasteiger partial charge on any atom is -0.340 e. The maximum absolute atomic E-state index is 13.0. The summed E-state index contributed by atoms with van der Waals surface area (Å²) in [4.78, 5) is 21.1. The molecule has 0 aliphatic carbocycles. The van der Waals surface area contributed by atoms with Gasteiger partial charge in [0, 0.05) is 17.4 Å². The molecule has 0 aliphatic rings. The van der Waals surface area contributed by atoms with Crippen LogP contribution in [0.15, 0.2) is 48.5 Å². The Labute approximate surface area is 151 Å². The first kappa shape index (κ1) is 17.5. The summed E-state index contributed by atoms with van der Waals surface area (Å²) in [5.74, 6) is 0.299. The smallest absolute Gasteiger partial charge is 0.274 e. The molecule has 0 bridgehead atoms. The van der Waals surface area contributed by atoms with E-state index < -0.39 is 0 Å². The van der Waals surface area contributed by atoms with Gasteiger partial charge in [-0.1, -0.05) is 12.1 Å². The summed E-state index contributed by atoms with van der Waals surface area (Å²) >= 11 is 0. The van der Waals surface area contributed by atoms with Crippen molar-refractivity contribution in [3.63, 3.8) is 0 Å². The highest BCUT2D eigenvalue weighted by Gasteiger charge is 2.13. The monoisotopic (exact) mass is 350 g/mol. The first-order chi connectivity index (χ1) is 12.4. The fraction of sp³-hybridized carbons (Fsp3) is 0.150. The average molecular weight is 350 g/mol. The van der Waals surface area contributed by atoms with Crippen LogP contribution >= 0.6 is 0 Å². The van der Waals surface area contributed by atoms with Gasteiger partial charge in [-0.2, -0.15) is 0 Å². The maximum Gasteiger partial charge on any atom is 0.274 e. The molecule has 1 aromatic heterocycles. The topological polar surface area (TPSA) is 66.9 Å². The van der Waals surface area contributed by atoms with Crippen LogP contribution in [0, 0.1) is 26.6 Å². The quantitative estimate of drug-likeness (QED) is 0.725. The number of hydrogen-bond donors (Lipinski definition) is 2. The number of nitrogens with one attached hydrogen (secondary N) is 2. The molecule has 0 fully saturated rings. The van der Waals surface area contributed by atoms with Crippen LogP contribution < -0.4 is 10.6 Å². The van der Waals surface area contributed by atoms with E-state index in [4.69, 9.17) is 0 Å². The molecule has 5 nitrogen and oxygen atoms in total. The second kappa shape index (κ2) is 7.31. The first-order valence-electron chi connectivity index (χ1n) is 8.18. The molecule has 1 heterocycles. The van der Waals surface area contributed by atoms with Crippen molar-refractivity contribution in [3.8, 4) is 0 Å². The van der Waals surface area contributed by atoms with Crippen LogP contribution in [0.3, 0.4) is 0 Å². The molecule has 3 aromatic rings. The number of aromatic nitrogens is 2. The lowest BCUT2D eigenvalue weighted by Gasteiger charge is -2.11. The highest BCUT2D eigenvalue weighted by Crippen LogP contribution is 2.20. The third-order valence-corrected chi connectivity index (χ3v) is 4.04. The highest BCUT2D eigenvalue weighted by molar-refractivity contribution is 6.03. The number of carbonyl (C=O) groups excluding carboxylic acids is 1. The molecular formula is C20H19FN4O. The largest absolute Gasteiger partial charge is 0.340 e. The normalized spacial score (nSPS) is 10.5. The summed E-state index contributed by atoms with van der Waals surface area (Å²) in [7, 11) is 0. The van der Waals surface area contributed by atoms with Crippen LogP contribution in [0.4, 0.5) is 21.6 Å². The second-order valence-corrected chi connectivity index (χ2v) is 6.02. The summed E-state index contributed by atoms with van der Waals surface area (Å²) < 4.78 is 13.0. The predicted octanol–water partition coefficient (Wildman–Crippen LogP) is 4.54. The molecular weight excluding hydrogens is 331 g/mol. The number of nitrogens with zero attached hydrogens (tertiary/aromatic N) is 2. The van der Waals surface area contributed by atoms with Gasteiger partial charge in [-0.25, -0.2) is 14.4 Å². The Hall–Kier alpha value is -3.28. The molecule has 0 radical (unpaired) electrons. The van der Waals surface area contributed by atoms with E-state index in [0.717, 1.165) is 16.8 Å². The molecule has 26 heavy (non-hydrogen) atoms. The van der Waals surface area contributed by atoms with E-state index in [9.17, 15) is 9.18 Å². The Morgan fingerprint density at radius 2 is 1.73 bits per heavy atom. The molecule has 2 aromatic carbocycles. The Balaban J connectivity index is 1.83. The standard InChI is InChI=1S/C20H19FN4O/c1-12-5-4-6-17(13(12)2)25-20(26)18-11-19(23-14(3)22-18)24-16-9-7-15(21)8-10-16/h4-11H,1-3H3,(H,25,26)(H,22,23,24). The number of amides is 1. The van der Waals surface area contributed by atoms with Gasteiger partial charge in [0.05, 0.1) is 0 Å². The fourth-order valence-corrected chi connectivity index (χ4v) is 2.50. The molecule has 0 saturated heterocycles. The lowest BCUT2D eigenvalue weighted by atomic mass is 10.1. The van der Waals surface area contributed by atoms with E-state index in [1.807, 2.05) is 32.0 Å². The van der Waals surface area contributed by atoms with E-state index >= 15 is 0 Å². The number of benzene rings is 2. The molecule has 2 N–H and O–H groups in total. The maximum atomic E-state index is 13.0. The lowest BCUT2D eigenvalue weighted by molar-refractivity contribution is 0.102. The fourth-order valence-electron chi connectivity index (χ4n) is 2.50. The van der Waals surface area contributed by atoms with Gasteiger partial charge in [-0.15, -0.1) is 0 Å². The summed E-state index contributed by atoms with van der Waals surface area (Å²) in [5, 5.41) is 5.94. The van der Waals surface area contributed by atoms with Gasteiger partial charge in [-0.3, -0.25) is 4.79 Å². The zero-order chi connectivity index (χ0) is 18.7. The SMILES string of the molecule is Cc1nc(Nc2ccc(F)cc2)cc(C(=O)Nc2cccc(C)c2C)n1. The highest BCUT2D eigenvalue weighted by atomic mass is 19.1. The van der Waals surface area contributed by atoms with Crippen molar-refractivity contribution in [1.82, 2.24) is 9.97 Å².